The fourth-order valence-electron chi connectivity index (χ4n) is 1.26. The van der Waals surface area contributed by atoms with E-state index < -0.39 is 6.10 Å². The first-order chi connectivity index (χ1) is 6.16. The van der Waals surface area contributed by atoms with Gasteiger partial charge in [0.15, 0.2) is 0 Å². The summed E-state index contributed by atoms with van der Waals surface area (Å²) < 4.78 is 1.02. The van der Waals surface area contributed by atoms with Crippen molar-refractivity contribution in [1.29, 1.82) is 0 Å². The molecule has 1 rings (SSSR count). The summed E-state index contributed by atoms with van der Waals surface area (Å²) in [6, 6.07) is 7.87. The molecule has 1 aromatic carbocycles. The summed E-state index contributed by atoms with van der Waals surface area (Å²) in [6.45, 7) is 2.26. The van der Waals surface area contributed by atoms with Crippen molar-refractivity contribution >= 4 is 15.9 Å². The van der Waals surface area contributed by atoms with Crippen molar-refractivity contribution in [2.75, 3.05) is 6.54 Å². The van der Waals surface area contributed by atoms with E-state index in [9.17, 15) is 5.11 Å². The van der Waals surface area contributed by atoms with Gasteiger partial charge in [0.1, 0.15) is 0 Å². The first kappa shape index (κ1) is 10.7. The summed E-state index contributed by atoms with van der Waals surface area (Å²) in [6.07, 6.45) is -0.473. The Kier molecular flexibility index (Phi) is 3.90. The third-order valence-corrected chi connectivity index (χ3v) is 2.94. The van der Waals surface area contributed by atoms with Crippen LogP contribution in [0.25, 0.3) is 0 Å². The Labute approximate surface area is 86.9 Å². The summed E-state index contributed by atoms with van der Waals surface area (Å²) >= 11 is 3.44. The minimum absolute atomic E-state index is 0.0700. The van der Waals surface area contributed by atoms with Gasteiger partial charge >= 0.3 is 0 Å². The smallest absolute Gasteiger partial charge is 0.0728 e. The second-order valence-electron chi connectivity index (χ2n) is 3.11. The summed E-state index contributed by atoms with van der Waals surface area (Å²) in [4.78, 5) is 0. The fourth-order valence-corrected chi connectivity index (χ4v) is 1.90. The van der Waals surface area contributed by atoms with Crippen molar-refractivity contribution in [2.24, 2.45) is 5.73 Å². The molecule has 0 saturated carbocycles. The van der Waals surface area contributed by atoms with Crippen LogP contribution in [-0.2, 0) is 0 Å². The van der Waals surface area contributed by atoms with Crippen molar-refractivity contribution in [3.05, 3.63) is 34.3 Å². The van der Waals surface area contributed by atoms with Crippen LogP contribution < -0.4 is 5.73 Å². The Balaban J connectivity index is 2.88. The van der Waals surface area contributed by atoms with E-state index in [0.29, 0.717) is 6.54 Å². The molecule has 0 spiro atoms. The normalized spacial score (nSPS) is 15.4. The molecule has 0 aromatic heterocycles. The van der Waals surface area contributed by atoms with Crippen LogP contribution in [0.2, 0.25) is 0 Å². The Hall–Kier alpha value is -0.380. The lowest BCUT2D eigenvalue weighted by atomic mass is 9.95. The third-order valence-electron chi connectivity index (χ3n) is 2.21. The number of benzene rings is 1. The van der Waals surface area contributed by atoms with Crippen LogP contribution in [0, 0.1) is 0 Å². The van der Waals surface area contributed by atoms with E-state index in [1.54, 1.807) is 0 Å². The van der Waals surface area contributed by atoms with Gasteiger partial charge in [0.2, 0.25) is 0 Å². The SMILES string of the molecule is CC(c1ccccc1Br)C(O)CN. The Morgan fingerprint density at radius 2 is 2.08 bits per heavy atom. The van der Waals surface area contributed by atoms with Gasteiger partial charge in [-0.25, -0.2) is 0 Å². The number of rotatable bonds is 3. The summed E-state index contributed by atoms with van der Waals surface area (Å²) in [5, 5.41) is 9.56. The zero-order valence-electron chi connectivity index (χ0n) is 7.57. The molecule has 0 aliphatic heterocycles. The molecule has 0 aliphatic rings. The second kappa shape index (κ2) is 4.74. The molecule has 13 heavy (non-hydrogen) atoms. The van der Waals surface area contributed by atoms with Crippen LogP contribution >= 0.6 is 15.9 Å². The maximum atomic E-state index is 9.56. The fraction of sp³-hybridized carbons (Fsp3) is 0.400. The quantitative estimate of drug-likeness (QED) is 0.852. The van der Waals surface area contributed by atoms with Crippen LogP contribution in [-0.4, -0.2) is 17.8 Å². The number of nitrogens with two attached hydrogens (primary N) is 1. The molecule has 3 heteroatoms. The van der Waals surface area contributed by atoms with Crippen LogP contribution in [0.3, 0.4) is 0 Å². The average Bonchev–Trinajstić information content (AvgIpc) is 2.16. The molecule has 0 fully saturated rings. The lowest BCUT2D eigenvalue weighted by Gasteiger charge is -2.18. The lowest BCUT2D eigenvalue weighted by molar-refractivity contribution is 0.157. The summed E-state index contributed by atoms with van der Waals surface area (Å²) in [5.41, 5.74) is 6.49. The molecule has 72 valence electrons. The third kappa shape index (κ3) is 2.53. The Morgan fingerprint density at radius 1 is 1.46 bits per heavy atom. The Bertz CT molecular complexity index is 277. The van der Waals surface area contributed by atoms with Crippen molar-refractivity contribution in [2.45, 2.75) is 18.9 Å². The van der Waals surface area contributed by atoms with Gasteiger partial charge in [0.25, 0.3) is 0 Å². The first-order valence-electron chi connectivity index (χ1n) is 4.29. The van der Waals surface area contributed by atoms with Crippen molar-refractivity contribution in [3.63, 3.8) is 0 Å². The minimum Gasteiger partial charge on any atom is -0.391 e. The van der Waals surface area contributed by atoms with Crippen molar-refractivity contribution < 1.29 is 5.11 Å². The largest absolute Gasteiger partial charge is 0.391 e. The molecule has 2 unspecified atom stereocenters. The number of hydrogen-bond donors (Lipinski definition) is 2. The lowest BCUT2D eigenvalue weighted by Crippen LogP contribution is -2.25. The van der Waals surface area contributed by atoms with Crippen LogP contribution in [0.4, 0.5) is 0 Å². The van der Waals surface area contributed by atoms with E-state index in [0.717, 1.165) is 10.0 Å². The molecule has 2 atom stereocenters. The van der Waals surface area contributed by atoms with Gasteiger partial charge in [0, 0.05) is 16.9 Å². The predicted molar refractivity (Wildman–Crippen MR) is 57.6 cm³/mol. The van der Waals surface area contributed by atoms with E-state index in [2.05, 4.69) is 15.9 Å². The van der Waals surface area contributed by atoms with E-state index in [1.807, 2.05) is 31.2 Å². The number of hydrogen-bond acceptors (Lipinski definition) is 2. The maximum absolute atomic E-state index is 9.56. The minimum atomic E-state index is -0.473. The van der Waals surface area contributed by atoms with Gasteiger partial charge in [-0.2, -0.15) is 0 Å². The van der Waals surface area contributed by atoms with Gasteiger partial charge in [0.05, 0.1) is 6.10 Å². The molecule has 0 saturated heterocycles. The monoisotopic (exact) mass is 243 g/mol. The molecule has 0 bridgehead atoms. The predicted octanol–water partition coefficient (Wildman–Crippen LogP) is 1.87. The first-order valence-corrected chi connectivity index (χ1v) is 5.08. The number of aliphatic hydroxyl groups excluding tert-OH is 1. The van der Waals surface area contributed by atoms with Gasteiger partial charge in [-0.1, -0.05) is 41.1 Å². The standard InChI is InChI=1S/C10H14BrNO/c1-7(10(13)6-12)8-4-2-3-5-9(8)11/h2-5,7,10,13H,6,12H2,1H3. The van der Waals surface area contributed by atoms with Gasteiger partial charge in [-0.15, -0.1) is 0 Å². The molecular formula is C10H14BrNO. The second-order valence-corrected chi connectivity index (χ2v) is 3.97. The van der Waals surface area contributed by atoms with Crippen molar-refractivity contribution in [1.82, 2.24) is 0 Å². The highest BCUT2D eigenvalue weighted by atomic mass is 79.9. The molecule has 3 N–H and O–H groups in total. The zero-order valence-corrected chi connectivity index (χ0v) is 9.16. The van der Waals surface area contributed by atoms with Crippen LogP contribution in [0.15, 0.2) is 28.7 Å². The van der Waals surface area contributed by atoms with Gasteiger partial charge in [-0.3, -0.25) is 0 Å². The summed E-state index contributed by atoms with van der Waals surface area (Å²) in [5.74, 6) is 0.0700. The molecule has 2 nitrogen and oxygen atoms in total. The highest BCUT2D eigenvalue weighted by molar-refractivity contribution is 9.10. The molecule has 0 heterocycles. The highest BCUT2D eigenvalue weighted by Gasteiger charge is 2.16. The molecule has 0 amide bonds. The Morgan fingerprint density at radius 3 is 2.62 bits per heavy atom. The zero-order chi connectivity index (χ0) is 9.84. The van der Waals surface area contributed by atoms with Crippen LogP contribution in [0.5, 0.6) is 0 Å². The molecule has 1 aromatic rings. The van der Waals surface area contributed by atoms with Crippen molar-refractivity contribution in [3.8, 4) is 0 Å². The molecule has 0 aliphatic carbocycles. The van der Waals surface area contributed by atoms with Crippen LogP contribution in [0.1, 0.15) is 18.4 Å². The number of halogens is 1. The topological polar surface area (TPSA) is 46.2 Å². The maximum Gasteiger partial charge on any atom is 0.0728 e. The number of aliphatic hydroxyl groups is 1. The molecule has 0 radical (unpaired) electrons. The van der Waals surface area contributed by atoms with E-state index >= 15 is 0 Å². The summed E-state index contributed by atoms with van der Waals surface area (Å²) in [7, 11) is 0. The van der Waals surface area contributed by atoms with E-state index in [4.69, 9.17) is 5.73 Å². The van der Waals surface area contributed by atoms with E-state index in [1.165, 1.54) is 0 Å². The molecular weight excluding hydrogens is 230 g/mol. The highest BCUT2D eigenvalue weighted by Crippen LogP contribution is 2.26. The van der Waals surface area contributed by atoms with Gasteiger partial charge in [-0.05, 0) is 11.6 Å². The average molecular weight is 244 g/mol. The van der Waals surface area contributed by atoms with E-state index in [-0.39, 0.29) is 5.92 Å². The van der Waals surface area contributed by atoms with Gasteiger partial charge < -0.3 is 10.8 Å².